The molecule has 0 bridgehead atoms. The number of fused-ring (bicyclic) bond motifs is 3. The summed E-state index contributed by atoms with van der Waals surface area (Å²) in [7, 11) is 1.60. The van der Waals surface area contributed by atoms with Crippen molar-refractivity contribution in [1.82, 2.24) is 29.1 Å². The first-order valence-corrected chi connectivity index (χ1v) is 9.06. The van der Waals surface area contributed by atoms with Gasteiger partial charge in [0.25, 0.3) is 5.56 Å². The van der Waals surface area contributed by atoms with Crippen molar-refractivity contribution in [2.45, 2.75) is 17.1 Å². The number of hydrogen-bond acceptors (Lipinski definition) is 7. The summed E-state index contributed by atoms with van der Waals surface area (Å²) in [5.41, 5.74) is -0.502. The molecule has 0 fully saturated rings. The normalized spacial score (nSPS) is 12.3. The second kappa shape index (κ2) is 6.06. The van der Waals surface area contributed by atoms with Crippen LogP contribution in [0.25, 0.3) is 16.0 Å². The van der Waals surface area contributed by atoms with Crippen LogP contribution in [0.4, 0.5) is 13.2 Å². The summed E-state index contributed by atoms with van der Waals surface area (Å²) < 4.78 is 41.9. The molecule has 0 saturated heterocycles. The van der Waals surface area contributed by atoms with Crippen LogP contribution in [0.5, 0.6) is 0 Å². The third-order valence-electron chi connectivity index (χ3n) is 3.65. The Balaban J connectivity index is 1.72. The van der Waals surface area contributed by atoms with Gasteiger partial charge in [0.05, 0.1) is 11.3 Å². The van der Waals surface area contributed by atoms with Crippen molar-refractivity contribution in [3.8, 4) is 0 Å². The Kier molecular flexibility index (Phi) is 3.95. The van der Waals surface area contributed by atoms with E-state index in [1.807, 2.05) is 0 Å². The highest BCUT2D eigenvalue weighted by atomic mass is 32.2. The van der Waals surface area contributed by atoms with Crippen LogP contribution in [0.15, 0.2) is 33.7 Å². The van der Waals surface area contributed by atoms with Gasteiger partial charge in [-0.2, -0.15) is 13.2 Å². The number of thiophene rings is 1. The molecule has 134 valence electrons. The van der Waals surface area contributed by atoms with Crippen molar-refractivity contribution in [3.05, 3.63) is 45.6 Å². The molecule has 0 radical (unpaired) electrons. The van der Waals surface area contributed by atoms with Crippen molar-refractivity contribution < 1.29 is 13.2 Å². The Bertz CT molecular complexity index is 1180. The number of rotatable bonds is 3. The maximum Gasteiger partial charge on any atom is 0.433 e. The first-order valence-electron chi connectivity index (χ1n) is 7.19. The first-order chi connectivity index (χ1) is 12.4. The van der Waals surface area contributed by atoms with Crippen LogP contribution in [-0.2, 0) is 19.0 Å². The van der Waals surface area contributed by atoms with E-state index in [9.17, 15) is 18.0 Å². The number of thioether (sulfide) groups is 1. The van der Waals surface area contributed by atoms with E-state index in [-0.39, 0.29) is 16.5 Å². The van der Waals surface area contributed by atoms with Crippen LogP contribution in [0, 0.1) is 0 Å². The zero-order valence-corrected chi connectivity index (χ0v) is 14.7. The van der Waals surface area contributed by atoms with Crippen molar-refractivity contribution in [2.24, 2.45) is 7.05 Å². The molecule has 0 atom stereocenters. The van der Waals surface area contributed by atoms with Gasteiger partial charge >= 0.3 is 6.18 Å². The number of halogens is 3. The van der Waals surface area contributed by atoms with E-state index in [2.05, 4.69) is 20.2 Å². The van der Waals surface area contributed by atoms with Gasteiger partial charge in [0.2, 0.25) is 5.78 Å². The van der Waals surface area contributed by atoms with E-state index in [0.29, 0.717) is 21.8 Å². The second-order valence-corrected chi connectivity index (χ2v) is 7.12. The molecule has 4 aromatic heterocycles. The molecule has 0 aliphatic heterocycles. The number of alkyl halides is 3. The maximum absolute atomic E-state index is 12.8. The Morgan fingerprint density at radius 3 is 2.85 bits per heavy atom. The van der Waals surface area contributed by atoms with Gasteiger partial charge in [0.1, 0.15) is 16.2 Å². The topological polar surface area (TPSA) is 78.0 Å². The van der Waals surface area contributed by atoms with E-state index in [4.69, 9.17) is 0 Å². The molecule has 0 aliphatic carbocycles. The summed E-state index contributed by atoms with van der Waals surface area (Å²) in [5.74, 6) is 1.05. The fraction of sp³-hybridized carbons (Fsp3) is 0.214. The molecule has 4 heterocycles. The molecule has 0 unspecified atom stereocenters. The lowest BCUT2D eigenvalue weighted by Crippen LogP contribution is -2.19. The Labute approximate surface area is 151 Å². The summed E-state index contributed by atoms with van der Waals surface area (Å²) in [6.45, 7) is 0. The Morgan fingerprint density at radius 1 is 1.27 bits per heavy atom. The van der Waals surface area contributed by atoms with Crippen LogP contribution in [0.1, 0.15) is 11.5 Å². The van der Waals surface area contributed by atoms with Gasteiger partial charge in [-0.1, -0.05) is 11.8 Å². The molecule has 0 aromatic carbocycles. The Morgan fingerprint density at radius 2 is 2.08 bits per heavy atom. The highest BCUT2D eigenvalue weighted by Crippen LogP contribution is 2.29. The van der Waals surface area contributed by atoms with Crippen molar-refractivity contribution in [2.75, 3.05) is 0 Å². The lowest BCUT2D eigenvalue weighted by Gasteiger charge is -2.07. The van der Waals surface area contributed by atoms with Crippen LogP contribution in [0.2, 0.25) is 0 Å². The molecule has 7 nitrogen and oxygen atoms in total. The predicted octanol–water partition coefficient (Wildman–Crippen LogP) is 2.74. The summed E-state index contributed by atoms with van der Waals surface area (Å²) in [6, 6.07) is 2.61. The molecule has 26 heavy (non-hydrogen) atoms. The molecule has 0 saturated carbocycles. The predicted molar refractivity (Wildman–Crippen MR) is 90.2 cm³/mol. The monoisotopic (exact) mass is 398 g/mol. The summed E-state index contributed by atoms with van der Waals surface area (Å²) in [6.07, 6.45) is -3.46. The lowest BCUT2D eigenvalue weighted by molar-refractivity contribution is -0.141. The van der Waals surface area contributed by atoms with Gasteiger partial charge in [-0.05, 0) is 17.5 Å². The minimum atomic E-state index is -4.53. The van der Waals surface area contributed by atoms with Gasteiger partial charge in [0.15, 0.2) is 5.16 Å². The van der Waals surface area contributed by atoms with Gasteiger partial charge < -0.3 is 0 Å². The van der Waals surface area contributed by atoms with E-state index in [1.54, 1.807) is 22.9 Å². The smallest absolute Gasteiger partial charge is 0.279 e. The van der Waals surface area contributed by atoms with Gasteiger partial charge in [-0.25, -0.2) is 9.97 Å². The maximum atomic E-state index is 12.8. The molecule has 0 N–H and O–H groups in total. The lowest BCUT2D eigenvalue weighted by atomic mass is 10.4. The minimum Gasteiger partial charge on any atom is -0.279 e. The standard InChI is InChI=1S/C14H9F3N6OS2/c1-22-11(24)10-7(3-5-25-10)23-9(20-21-13(22)23)6-26-12-18-4-2-8(19-12)14(15,16)17/h2-5H,6H2,1H3. The number of hydrogen-bond donors (Lipinski definition) is 0. The zero-order chi connectivity index (χ0) is 18.5. The van der Waals surface area contributed by atoms with Crippen LogP contribution in [-0.4, -0.2) is 29.1 Å². The largest absolute Gasteiger partial charge is 0.433 e. The van der Waals surface area contributed by atoms with Gasteiger partial charge in [-0.15, -0.1) is 21.5 Å². The van der Waals surface area contributed by atoms with E-state index >= 15 is 0 Å². The average Bonchev–Trinajstić information content (AvgIpc) is 3.24. The summed E-state index contributed by atoms with van der Waals surface area (Å²) >= 11 is 2.32. The number of aromatic nitrogens is 6. The van der Waals surface area contributed by atoms with Crippen molar-refractivity contribution in [1.29, 1.82) is 0 Å². The summed E-state index contributed by atoms with van der Waals surface area (Å²) in [4.78, 5) is 19.7. The molecule has 0 aliphatic rings. The fourth-order valence-electron chi connectivity index (χ4n) is 2.44. The molecular weight excluding hydrogens is 389 g/mol. The number of aryl methyl sites for hydroxylation is 1. The molecule has 4 rings (SSSR count). The molecule has 0 amide bonds. The van der Waals surface area contributed by atoms with E-state index in [1.165, 1.54) is 15.9 Å². The molecular formula is C14H9F3N6OS2. The summed E-state index contributed by atoms with van der Waals surface area (Å²) in [5, 5.41) is 9.88. The van der Waals surface area contributed by atoms with E-state index in [0.717, 1.165) is 24.0 Å². The quantitative estimate of drug-likeness (QED) is 0.390. The first kappa shape index (κ1) is 17.0. The van der Waals surface area contributed by atoms with Crippen molar-refractivity contribution >= 4 is 39.1 Å². The molecule has 12 heteroatoms. The zero-order valence-electron chi connectivity index (χ0n) is 13.1. The third-order valence-corrected chi connectivity index (χ3v) is 5.40. The highest BCUT2D eigenvalue weighted by molar-refractivity contribution is 7.98. The Hall–Kier alpha value is -2.47. The highest BCUT2D eigenvalue weighted by Gasteiger charge is 2.32. The van der Waals surface area contributed by atoms with Crippen LogP contribution in [0.3, 0.4) is 0 Å². The minimum absolute atomic E-state index is 0.0112. The third kappa shape index (κ3) is 2.74. The van der Waals surface area contributed by atoms with Gasteiger partial charge in [0, 0.05) is 13.2 Å². The molecule has 4 aromatic rings. The average molecular weight is 398 g/mol. The molecule has 0 spiro atoms. The van der Waals surface area contributed by atoms with Crippen molar-refractivity contribution in [3.63, 3.8) is 0 Å². The van der Waals surface area contributed by atoms with Crippen LogP contribution < -0.4 is 5.56 Å². The number of nitrogens with zero attached hydrogens (tertiary/aromatic N) is 6. The van der Waals surface area contributed by atoms with E-state index < -0.39 is 11.9 Å². The SMILES string of the molecule is Cn1c(=O)c2sccc2n2c(CSc3nccc(C(F)(F)F)n3)nnc12. The second-order valence-electron chi connectivity index (χ2n) is 5.26. The van der Waals surface area contributed by atoms with Crippen LogP contribution >= 0.6 is 23.1 Å². The van der Waals surface area contributed by atoms with Gasteiger partial charge in [-0.3, -0.25) is 13.8 Å². The fourth-order valence-corrected chi connectivity index (χ4v) is 4.04.